The van der Waals surface area contributed by atoms with Crippen molar-refractivity contribution in [3.05, 3.63) is 77.9 Å². The van der Waals surface area contributed by atoms with E-state index in [4.69, 9.17) is 0 Å². The molecule has 4 nitrogen and oxygen atoms in total. The molecule has 2 amide bonds. The first-order valence-corrected chi connectivity index (χ1v) is 8.82. The number of rotatable bonds is 6. The molecule has 0 aliphatic heterocycles. The van der Waals surface area contributed by atoms with E-state index in [-0.39, 0.29) is 18.2 Å². The van der Waals surface area contributed by atoms with Crippen LogP contribution < -0.4 is 10.6 Å². The summed E-state index contributed by atoms with van der Waals surface area (Å²) in [6.45, 7) is 2.61. The van der Waals surface area contributed by atoms with Gasteiger partial charge >= 0.3 is 0 Å². The normalized spacial score (nSPS) is 10.5. The Morgan fingerprint density at radius 2 is 1.62 bits per heavy atom. The zero-order valence-corrected chi connectivity index (χ0v) is 14.8. The third-order valence-electron chi connectivity index (χ3n) is 4.21. The Morgan fingerprint density at radius 1 is 0.885 bits per heavy atom. The van der Waals surface area contributed by atoms with Crippen LogP contribution in [-0.2, 0) is 11.2 Å². The van der Waals surface area contributed by atoms with Gasteiger partial charge in [0.1, 0.15) is 0 Å². The maximum absolute atomic E-state index is 12.6. The van der Waals surface area contributed by atoms with Crippen LogP contribution in [0.1, 0.15) is 29.3 Å². The average molecular weight is 346 g/mol. The molecule has 0 fully saturated rings. The summed E-state index contributed by atoms with van der Waals surface area (Å²) in [6, 6.07) is 21.0. The van der Waals surface area contributed by atoms with Crippen LogP contribution in [-0.4, -0.2) is 18.4 Å². The van der Waals surface area contributed by atoms with Gasteiger partial charge in [-0.15, -0.1) is 0 Å². The molecule has 2 N–H and O–H groups in total. The van der Waals surface area contributed by atoms with E-state index in [0.29, 0.717) is 17.8 Å². The number of hydrogen-bond acceptors (Lipinski definition) is 2. The van der Waals surface area contributed by atoms with E-state index in [2.05, 4.69) is 10.6 Å². The van der Waals surface area contributed by atoms with Gasteiger partial charge in [0.05, 0.1) is 17.7 Å². The van der Waals surface area contributed by atoms with Gasteiger partial charge in [0, 0.05) is 6.54 Å². The second-order valence-electron chi connectivity index (χ2n) is 6.16. The zero-order chi connectivity index (χ0) is 18.4. The molecule has 0 spiro atoms. The number of fused-ring (bicyclic) bond motifs is 1. The van der Waals surface area contributed by atoms with Gasteiger partial charge in [0.15, 0.2) is 0 Å². The second-order valence-corrected chi connectivity index (χ2v) is 6.16. The van der Waals surface area contributed by atoms with Gasteiger partial charge in [-0.05, 0) is 34.9 Å². The van der Waals surface area contributed by atoms with Crippen LogP contribution in [0.15, 0.2) is 66.7 Å². The minimum atomic E-state index is -0.173. The van der Waals surface area contributed by atoms with E-state index in [9.17, 15) is 9.59 Å². The Hall–Kier alpha value is -3.14. The Balaban J connectivity index is 1.77. The molecule has 0 aromatic heterocycles. The average Bonchev–Trinajstić information content (AvgIpc) is 2.67. The summed E-state index contributed by atoms with van der Waals surface area (Å²) in [7, 11) is 0. The summed E-state index contributed by atoms with van der Waals surface area (Å²) in [5.74, 6) is -0.315. The predicted molar refractivity (Wildman–Crippen MR) is 105 cm³/mol. The Bertz CT molecular complexity index is 929. The summed E-state index contributed by atoms with van der Waals surface area (Å²) in [5.41, 5.74) is 1.98. The van der Waals surface area contributed by atoms with Gasteiger partial charge in [-0.1, -0.05) is 61.5 Å². The highest BCUT2D eigenvalue weighted by Gasteiger charge is 2.13. The zero-order valence-electron chi connectivity index (χ0n) is 14.8. The quantitative estimate of drug-likeness (QED) is 0.704. The van der Waals surface area contributed by atoms with Crippen molar-refractivity contribution >= 4 is 28.3 Å². The molecule has 3 aromatic carbocycles. The molecule has 0 aliphatic carbocycles. The molecule has 0 saturated heterocycles. The maximum atomic E-state index is 12.6. The Labute approximate surface area is 153 Å². The molecule has 0 radical (unpaired) electrons. The Morgan fingerprint density at radius 3 is 2.46 bits per heavy atom. The van der Waals surface area contributed by atoms with Gasteiger partial charge in [0.2, 0.25) is 5.91 Å². The highest BCUT2D eigenvalue weighted by molar-refractivity contribution is 6.04. The van der Waals surface area contributed by atoms with E-state index >= 15 is 0 Å². The lowest BCUT2D eigenvalue weighted by molar-refractivity contribution is -0.115. The molecule has 0 unspecified atom stereocenters. The minimum absolute atomic E-state index is 0.142. The predicted octanol–water partition coefficient (Wildman–Crippen LogP) is 4.16. The summed E-state index contributed by atoms with van der Waals surface area (Å²) in [6.07, 6.45) is 1.12. The molecule has 132 valence electrons. The number of amides is 2. The summed E-state index contributed by atoms with van der Waals surface area (Å²) >= 11 is 0. The summed E-state index contributed by atoms with van der Waals surface area (Å²) < 4.78 is 0. The topological polar surface area (TPSA) is 58.2 Å². The summed E-state index contributed by atoms with van der Waals surface area (Å²) in [5, 5.41) is 7.90. The molecular formula is C22H22N2O2. The molecule has 0 saturated carbocycles. The Kier molecular flexibility index (Phi) is 5.64. The minimum Gasteiger partial charge on any atom is -0.352 e. The van der Waals surface area contributed by atoms with E-state index in [0.717, 1.165) is 22.8 Å². The first-order chi connectivity index (χ1) is 12.7. The molecule has 26 heavy (non-hydrogen) atoms. The van der Waals surface area contributed by atoms with Gasteiger partial charge in [-0.2, -0.15) is 0 Å². The second kappa shape index (κ2) is 8.30. The number of carbonyl (C=O) groups excluding carboxylic acids is 2. The van der Waals surface area contributed by atoms with Gasteiger partial charge in [-0.25, -0.2) is 0 Å². The smallest absolute Gasteiger partial charge is 0.253 e. The maximum Gasteiger partial charge on any atom is 0.253 e. The van der Waals surface area contributed by atoms with Crippen molar-refractivity contribution in [2.45, 2.75) is 19.8 Å². The fraction of sp³-hybridized carbons (Fsp3) is 0.182. The third kappa shape index (κ3) is 4.09. The highest BCUT2D eigenvalue weighted by atomic mass is 16.2. The molecule has 0 atom stereocenters. The number of hydrogen-bond donors (Lipinski definition) is 2. The van der Waals surface area contributed by atoms with E-state index < -0.39 is 0 Å². The first kappa shape index (κ1) is 17.7. The van der Waals surface area contributed by atoms with Crippen molar-refractivity contribution in [3.8, 4) is 0 Å². The van der Waals surface area contributed by atoms with Crippen molar-refractivity contribution in [3.63, 3.8) is 0 Å². The first-order valence-electron chi connectivity index (χ1n) is 8.82. The molecule has 0 heterocycles. The lowest BCUT2D eigenvalue weighted by Gasteiger charge is -2.12. The van der Waals surface area contributed by atoms with Gasteiger partial charge in [-0.3, -0.25) is 9.59 Å². The van der Waals surface area contributed by atoms with Crippen LogP contribution >= 0.6 is 0 Å². The monoisotopic (exact) mass is 346 g/mol. The fourth-order valence-corrected chi connectivity index (χ4v) is 2.94. The number of benzene rings is 3. The lowest BCUT2D eigenvalue weighted by atomic mass is 10.0. The SMILES string of the molecule is CCCNC(=O)c1ccccc1NC(=O)Cc1cccc2ccccc12. The third-order valence-corrected chi connectivity index (χ3v) is 4.21. The van der Waals surface area contributed by atoms with Gasteiger partial charge in [0.25, 0.3) is 5.91 Å². The lowest BCUT2D eigenvalue weighted by Crippen LogP contribution is -2.26. The number of para-hydroxylation sites is 1. The highest BCUT2D eigenvalue weighted by Crippen LogP contribution is 2.20. The van der Waals surface area contributed by atoms with Crippen LogP contribution in [0.3, 0.4) is 0 Å². The van der Waals surface area contributed by atoms with Crippen molar-refractivity contribution in [2.75, 3.05) is 11.9 Å². The number of anilines is 1. The molecule has 3 aromatic rings. The van der Waals surface area contributed by atoms with Crippen LogP contribution in [0, 0.1) is 0 Å². The molecule has 3 rings (SSSR count). The largest absolute Gasteiger partial charge is 0.352 e. The fourth-order valence-electron chi connectivity index (χ4n) is 2.94. The van der Waals surface area contributed by atoms with E-state index in [1.54, 1.807) is 18.2 Å². The standard InChI is InChI=1S/C22H22N2O2/c1-2-14-23-22(26)19-12-5-6-13-20(19)24-21(25)15-17-10-7-9-16-8-3-4-11-18(16)17/h3-13H,2,14-15H2,1H3,(H,23,26)(H,24,25). The van der Waals surface area contributed by atoms with Crippen LogP contribution in [0.25, 0.3) is 10.8 Å². The van der Waals surface area contributed by atoms with E-state index in [1.165, 1.54) is 0 Å². The molecule has 4 heteroatoms. The molecular weight excluding hydrogens is 324 g/mol. The van der Waals surface area contributed by atoms with Crippen molar-refractivity contribution in [1.82, 2.24) is 5.32 Å². The van der Waals surface area contributed by atoms with Crippen LogP contribution in [0.5, 0.6) is 0 Å². The van der Waals surface area contributed by atoms with Crippen LogP contribution in [0.4, 0.5) is 5.69 Å². The number of nitrogens with one attached hydrogen (secondary N) is 2. The van der Waals surface area contributed by atoms with Crippen molar-refractivity contribution in [2.24, 2.45) is 0 Å². The van der Waals surface area contributed by atoms with Crippen molar-refractivity contribution in [1.29, 1.82) is 0 Å². The van der Waals surface area contributed by atoms with Gasteiger partial charge < -0.3 is 10.6 Å². The van der Waals surface area contributed by atoms with Crippen LogP contribution in [0.2, 0.25) is 0 Å². The molecule has 0 aliphatic rings. The molecule has 0 bridgehead atoms. The number of carbonyl (C=O) groups is 2. The van der Waals surface area contributed by atoms with E-state index in [1.807, 2.05) is 55.5 Å². The summed E-state index contributed by atoms with van der Waals surface area (Å²) in [4.78, 5) is 24.8. The van der Waals surface area contributed by atoms with Crippen molar-refractivity contribution < 1.29 is 9.59 Å².